The molecule has 0 bridgehead atoms. The van der Waals surface area contributed by atoms with E-state index < -0.39 is 5.97 Å². The van der Waals surface area contributed by atoms with Gasteiger partial charge >= 0.3 is 5.97 Å². The van der Waals surface area contributed by atoms with Gasteiger partial charge in [0.25, 0.3) is 5.91 Å². The molecule has 5 nitrogen and oxygen atoms in total. The molecule has 2 heterocycles. The zero-order chi connectivity index (χ0) is 16.4. The normalized spacial score (nSPS) is 15.0. The van der Waals surface area contributed by atoms with Crippen LogP contribution in [0.15, 0.2) is 22.6 Å². The van der Waals surface area contributed by atoms with Crippen molar-refractivity contribution in [3.8, 4) is 0 Å². The fraction of sp³-hybridized carbons (Fsp3) is 0.412. The first-order chi connectivity index (χ1) is 11.1. The van der Waals surface area contributed by atoms with E-state index in [1.807, 2.05) is 6.07 Å². The van der Waals surface area contributed by atoms with Gasteiger partial charge in [-0.3, -0.25) is 4.79 Å². The fourth-order valence-electron chi connectivity index (χ4n) is 2.83. The number of hydrogen-bond donors (Lipinski definition) is 0. The summed E-state index contributed by atoms with van der Waals surface area (Å²) >= 11 is 6.07. The van der Waals surface area contributed by atoms with Crippen LogP contribution in [-0.4, -0.2) is 36.5 Å². The molecule has 1 amide bonds. The standard InChI is InChI=1S/C17H18ClNO4/c1-11-12-6-5-7-13(18)16(12)23-15(11)17(21)22-10-14(20)19-8-3-2-4-9-19/h5-7H,2-4,8-10H2,1H3. The van der Waals surface area contributed by atoms with Gasteiger partial charge in [0.2, 0.25) is 5.76 Å². The average molecular weight is 336 g/mol. The second kappa shape index (κ2) is 6.62. The third-order valence-electron chi connectivity index (χ3n) is 4.14. The summed E-state index contributed by atoms with van der Waals surface area (Å²) in [6.07, 6.45) is 3.14. The van der Waals surface area contributed by atoms with Crippen LogP contribution in [0.4, 0.5) is 0 Å². The van der Waals surface area contributed by atoms with Gasteiger partial charge in [0.1, 0.15) is 0 Å². The average Bonchev–Trinajstić information content (AvgIpc) is 2.92. The topological polar surface area (TPSA) is 59.8 Å². The van der Waals surface area contributed by atoms with Crippen LogP contribution in [0.3, 0.4) is 0 Å². The summed E-state index contributed by atoms with van der Waals surface area (Å²) in [4.78, 5) is 26.0. The quantitative estimate of drug-likeness (QED) is 0.805. The summed E-state index contributed by atoms with van der Waals surface area (Å²) in [6.45, 7) is 2.97. The summed E-state index contributed by atoms with van der Waals surface area (Å²) in [5.41, 5.74) is 1.12. The largest absolute Gasteiger partial charge is 0.450 e. The molecule has 6 heteroatoms. The smallest absolute Gasteiger partial charge is 0.375 e. The molecule has 122 valence electrons. The molecule has 2 aromatic rings. The van der Waals surface area contributed by atoms with Gasteiger partial charge < -0.3 is 14.1 Å². The molecule has 0 N–H and O–H groups in total. The molecule has 0 radical (unpaired) electrons. The second-order valence-electron chi connectivity index (χ2n) is 5.69. The lowest BCUT2D eigenvalue weighted by Crippen LogP contribution is -2.38. The Hall–Kier alpha value is -2.01. The lowest BCUT2D eigenvalue weighted by Gasteiger charge is -2.26. The van der Waals surface area contributed by atoms with E-state index in [9.17, 15) is 9.59 Å². The minimum atomic E-state index is -0.639. The van der Waals surface area contributed by atoms with Gasteiger partial charge in [-0.15, -0.1) is 0 Å². The summed E-state index contributed by atoms with van der Waals surface area (Å²) in [6, 6.07) is 5.32. The number of likely N-dealkylation sites (tertiary alicyclic amines) is 1. The number of carbonyl (C=O) groups excluding carboxylic acids is 2. The number of furan rings is 1. The van der Waals surface area contributed by atoms with Crippen LogP contribution in [0.2, 0.25) is 5.02 Å². The molecule has 23 heavy (non-hydrogen) atoms. The van der Waals surface area contributed by atoms with Gasteiger partial charge in [-0.2, -0.15) is 0 Å². The maximum absolute atomic E-state index is 12.2. The Labute approximate surface area is 139 Å². The molecule has 3 rings (SSSR count). The van der Waals surface area contributed by atoms with Crippen molar-refractivity contribution in [1.29, 1.82) is 0 Å². The number of amides is 1. The number of piperidine rings is 1. The van der Waals surface area contributed by atoms with Gasteiger partial charge in [-0.25, -0.2) is 4.79 Å². The number of aryl methyl sites for hydroxylation is 1. The van der Waals surface area contributed by atoms with Crippen molar-refractivity contribution in [2.45, 2.75) is 26.2 Å². The van der Waals surface area contributed by atoms with Crippen molar-refractivity contribution < 1.29 is 18.7 Å². The van der Waals surface area contributed by atoms with E-state index in [2.05, 4.69) is 0 Å². The van der Waals surface area contributed by atoms with Crippen molar-refractivity contribution in [3.63, 3.8) is 0 Å². The lowest BCUT2D eigenvalue weighted by molar-refractivity contribution is -0.135. The summed E-state index contributed by atoms with van der Waals surface area (Å²) < 4.78 is 10.7. The molecular weight excluding hydrogens is 318 g/mol. The number of carbonyl (C=O) groups is 2. The number of nitrogens with zero attached hydrogens (tertiary/aromatic N) is 1. The molecular formula is C17H18ClNO4. The molecule has 1 aromatic heterocycles. The third kappa shape index (κ3) is 3.20. The first-order valence-electron chi connectivity index (χ1n) is 7.70. The first-order valence-corrected chi connectivity index (χ1v) is 8.08. The van der Waals surface area contributed by atoms with E-state index in [0.717, 1.165) is 37.7 Å². The Kier molecular flexibility index (Phi) is 4.57. The van der Waals surface area contributed by atoms with Crippen LogP contribution in [0.5, 0.6) is 0 Å². The first kappa shape index (κ1) is 15.9. The van der Waals surface area contributed by atoms with E-state index in [1.54, 1.807) is 24.0 Å². The highest BCUT2D eigenvalue weighted by Gasteiger charge is 2.23. The molecule has 1 aromatic carbocycles. The highest BCUT2D eigenvalue weighted by molar-refractivity contribution is 6.35. The Morgan fingerprint density at radius 1 is 1.26 bits per heavy atom. The number of hydrogen-bond acceptors (Lipinski definition) is 4. The van der Waals surface area contributed by atoms with Crippen molar-refractivity contribution in [2.75, 3.05) is 19.7 Å². The monoisotopic (exact) mass is 335 g/mol. The molecule has 1 aliphatic rings. The van der Waals surface area contributed by atoms with Crippen LogP contribution in [0.1, 0.15) is 35.4 Å². The van der Waals surface area contributed by atoms with Gasteiger partial charge in [0.15, 0.2) is 12.2 Å². The maximum atomic E-state index is 12.2. The van der Waals surface area contributed by atoms with Gasteiger partial charge in [0.05, 0.1) is 5.02 Å². The number of esters is 1. The van der Waals surface area contributed by atoms with Crippen LogP contribution in [-0.2, 0) is 9.53 Å². The minimum absolute atomic E-state index is 0.0968. The minimum Gasteiger partial charge on any atom is -0.450 e. The summed E-state index contributed by atoms with van der Waals surface area (Å²) in [5, 5.41) is 1.21. The molecule has 0 atom stereocenters. The molecule has 0 saturated carbocycles. The number of benzene rings is 1. The number of para-hydroxylation sites is 1. The van der Waals surface area contributed by atoms with Crippen LogP contribution < -0.4 is 0 Å². The number of halogens is 1. The van der Waals surface area contributed by atoms with Crippen molar-refractivity contribution in [1.82, 2.24) is 4.90 Å². The van der Waals surface area contributed by atoms with Crippen LogP contribution in [0.25, 0.3) is 11.0 Å². The maximum Gasteiger partial charge on any atom is 0.375 e. The number of ether oxygens (including phenoxy) is 1. The Bertz CT molecular complexity index is 746. The molecule has 0 unspecified atom stereocenters. The van der Waals surface area contributed by atoms with Crippen molar-refractivity contribution in [3.05, 3.63) is 34.5 Å². The van der Waals surface area contributed by atoms with Crippen LogP contribution >= 0.6 is 11.6 Å². The van der Waals surface area contributed by atoms with E-state index in [4.69, 9.17) is 20.8 Å². The molecule has 1 fully saturated rings. The van der Waals surface area contributed by atoms with Crippen molar-refractivity contribution >= 4 is 34.4 Å². The highest BCUT2D eigenvalue weighted by Crippen LogP contribution is 2.30. The SMILES string of the molecule is Cc1c(C(=O)OCC(=O)N2CCCCC2)oc2c(Cl)cccc12. The fourth-order valence-corrected chi connectivity index (χ4v) is 3.04. The van der Waals surface area contributed by atoms with Gasteiger partial charge in [-0.05, 0) is 32.3 Å². The molecule has 1 aliphatic heterocycles. The number of fused-ring (bicyclic) bond motifs is 1. The van der Waals surface area contributed by atoms with E-state index in [0.29, 0.717) is 16.2 Å². The Morgan fingerprint density at radius 3 is 2.70 bits per heavy atom. The van der Waals surface area contributed by atoms with Gasteiger partial charge in [-0.1, -0.05) is 23.7 Å². The highest BCUT2D eigenvalue weighted by atomic mass is 35.5. The zero-order valence-corrected chi connectivity index (χ0v) is 13.7. The summed E-state index contributed by atoms with van der Waals surface area (Å²) in [7, 11) is 0. The number of rotatable bonds is 3. The molecule has 0 aliphatic carbocycles. The second-order valence-corrected chi connectivity index (χ2v) is 6.10. The van der Waals surface area contributed by atoms with Crippen molar-refractivity contribution in [2.24, 2.45) is 0 Å². The summed E-state index contributed by atoms with van der Waals surface area (Å²) in [5.74, 6) is -0.704. The van der Waals surface area contributed by atoms with E-state index >= 15 is 0 Å². The zero-order valence-electron chi connectivity index (χ0n) is 12.9. The predicted octanol–water partition coefficient (Wildman–Crippen LogP) is 3.56. The third-order valence-corrected chi connectivity index (χ3v) is 4.43. The van der Waals surface area contributed by atoms with Gasteiger partial charge in [0, 0.05) is 24.0 Å². The predicted molar refractivity (Wildman–Crippen MR) is 86.7 cm³/mol. The molecule has 0 spiro atoms. The molecule has 1 saturated heterocycles. The van der Waals surface area contributed by atoms with Crippen LogP contribution in [0, 0.1) is 6.92 Å². The Morgan fingerprint density at radius 2 is 2.00 bits per heavy atom. The van der Waals surface area contributed by atoms with E-state index in [-0.39, 0.29) is 18.3 Å². The van der Waals surface area contributed by atoms with E-state index in [1.165, 1.54) is 0 Å². The Balaban J connectivity index is 1.70. The lowest BCUT2D eigenvalue weighted by atomic mass is 10.1.